The third-order valence-electron chi connectivity index (χ3n) is 5.55. The van der Waals surface area contributed by atoms with Crippen molar-refractivity contribution in [2.75, 3.05) is 39.3 Å². The number of nitrogens with zero attached hydrogens (tertiary/aromatic N) is 4. The monoisotopic (exact) mass is 452 g/mol. The molecular formula is C24H28N4O3S. The number of carbonyl (C=O) groups excluding carboxylic acids is 1. The number of piperazine rings is 1. The molecule has 4 rings (SSSR count). The second-order valence-electron chi connectivity index (χ2n) is 7.74. The third-order valence-corrected chi connectivity index (χ3v) is 6.55. The summed E-state index contributed by atoms with van der Waals surface area (Å²) >= 11 is 1.72. The molecule has 2 aromatic heterocycles. The molecule has 1 aromatic carbocycles. The van der Waals surface area contributed by atoms with Gasteiger partial charge in [-0.25, -0.2) is 9.78 Å². The Balaban J connectivity index is 1.17. The Morgan fingerprint density at radius 2 is 1.88 bits per heavy atom. The van der Waals surface area contributed by atoms with E-state index in [-0.39, 0.29) is 6.09 Å². The molecule has 0 atom stereocenters. The number of carbonyl (C=O) groups is 1. The number of ether oxygens (including phenoxy) is 2. The molecule has 3 aromatic rings. The second-order valence-corrected chi connectivity index (χ2v) is 8.68. The Hall–Kier alpha value is -2.97. The minimum Gasteiger partial charge on any atom is -0.492 e. The van der Waals surface area contributed by atoms with Gasteiger partial charge in [-0.05, 0) is 43.2 Å². The van der Waals surface area contributed by atoms with Gasteiger partial charge in [-0.15, -0.1) is 11.3 Å². The van der Waals surface area contributed by atoms with Crippen molar-refractivity contribution in [1.82, 2.24) is 19.8 Å². The zero-order chi connectivity index (χ0) is 22.2. The summed E-state index contributed by atoms with van der Waals surface area (Å²) in [5, 5.41) is 0. The quantitative estimate of drug-likeness (QED) is 0.518. The fourth-order valence-corrected chi connectivity index (χ4v) is 4.36. The molecule has 0 spiro atoms. The molecule has 32 heavy (non-hydrogen) atoms. The Morgan fingerprint density at radius 3 is 2.56 bits per heavy atom. The van der Waals surface area contributed by atoms with E-state index in [0.717, 1.165) is 49.5 Å². The average molecular weight is 453 g/mol. The molecule has 1 aliphatic heterocycles. The van der Waals surface area contributed by atoms with Crippen LogP contribution in [0.5, 0.6) is 11.5 Å². The van der Waals surface area contributed by atoms with E-state index in [1.54, 1.807) is 28.6 Å². The van der Waals surface area contributed by atoms with E-state index in [2.05, 4.69) is 21.8 Å². The lowest BCUT2D eigenvalue weighted by Crippen LogP contribution is -2.49. The first-order valence-electron chi connectivity index (χ1n) is 10.9. The molecule has 1 saturated heterocycles. The maximum Gasteiger partial charge on any atom is 0.415 e. The Bertz CT molecular complexity index is 986. The lowest BCUT2D eigenvalue weighted by atomic mass is 10.1. The highest BCUT2D eigenvalue weighted by Crippen LogP contribution is 2.17. The van der Waals surface area contributed by atoms with Gasteiger partial charge in [-0.3, -0.25) is 9.88 Å². The zero-order valence-corrected chi connectivity index (χ0v) is 19.1. The number of thiazole rings is 1. The van der Waals surface area contributed by atoms with Crippen LogP contribution in [0.15, 0.2) is 54.3 Å². The highest BCUT2D eigenvalue weighted by Gasteiger charge is 2.22. The number of amides is 1. The summed E-state index contributed by atoms with van der Waals surface area (Å²) in [4.78, 5) is 26.4. The number of aromatic nitrogens is 2. The minimum atomic E-state index is -0.282. The van der Waals surface area contributed by atoms with E-state index >= 15 is 0 Å². The van der Waals surface area contributed by atoms with Crippen LogP contribution in [0.25, 0.3) is 0 Å². The van der Waals surface area contributed by atoms with Crippen molar-refractivity contribution in [2.24, 2.45) is 0 Å². The van der Waals surface area contributed by atoms with Gasteiger partial charge in [0.25, 0.3) is 0 Å². The molecule has 8 heteroatoms. The fourth-order valence-electron chi connectivity index (χ4n) is 3.59. The summed E-state index contributed by atoms with van der Waals surface area (Å²) < 4.78 is 11.3. The van der Waals surface area contributed by atoms with E-state index in [4.69, 9.17) is 9.47 Å². The van der Waals surface area contributed by atoms with E-state index in [1.165, 1.54) is 4.88 Å². The Morgan fingerprint density at radius 1 is 1.06 bits per heavy atom. The Kier molecular flexibility index (Phi) is 7.68. The largest absolute Gasteiger partial charge is 0.492 e. The normalized spacial score (nSPS) is 14.3. The minimum absolute atomic E-state index is 0.282. The van der Waals surface area contributed by atoms with Crippen LogP contribution in [0.4, 0.5) is 4.79 Å². The molecule has 0 radical (unpaired) electrons. The summed E-state index contributed by atoms with van der Waals surface area (Å²) in [5.74, 6) is 1.33. The van der Waals surface area contributed by atoms with Crippen molar-refractivity contribution in [3.63, 3.8) is 0 Å². The predicted molar refractivity (Wildman–Crippen MR) is 124 cm³/mol. The van der Waals surface area contributed by atoms with Gasteiger partial charge in [0.2, 0.25) is 0 Å². The number of hydrogen-bond acceptors (Lipinski definition) is 7. The molecule has 0 saturated carbocycles. The predicted octanol–water partition coefficient (Wildman–Crippen LogP) is 3.83. The van der Waals surface area contributed by atoms with Crippen molar-refractivity contribution in [3.8, 4) is 11.5 Å². The number of pyridine rings is 1. The lowest BCUT2D eigenvalue weighted by molar-refractivity contribution is 0.111. The van der Waals surface area contributed by atoms with Crippen LogP contribution in [-0.4, -0.2) is 65.2 Å². The van der Waals surface area contributed by atoms with Gasteiger partial charge in [0, 0.05) is 50.2 Å². The summed E-state index contributed by atoms with van der Waals surface area (Å²) in [6.45, 7) is 6.72. The smallest absolute Gasteiger partial charge is 0.415 e. The maximum absolute atomic E-state index is 12.5. The number of aryl methyl sites for hydroxylation is 1. The summed E-state index contributed by atoms with van der Waals surface area (Å²) in [5.41, 5.74) is 4.16. The molecule has 0 aliphatic carbocycles. The summed E-state index contributed by atoms with van der Waals surface area (Å²) in [6, 6.07) is 11.3. The SMILES string of the molecule is Cc1ncsc1CCN1CCN(C(=O)Oc2ccc(CCOc3cccnc3)cc2)CC1. The second kappa shape index (κ2) is 11.1. The highest BCUT2D eigenvalue weighted by atomic mass is 32.1. The van der Waals surface area contributed by atoms with Crippen LogP contribution in [0.1, 0.15) is 16.1 Å². The molecule has 7 nitrogen and oxygen atoms in total. The average Bonchev–Trinajstić information content (AvgIpc) is 3.24. The molecule has 3 heterocycles. The molecule has 1 aliphatic rings. The van der Waals surface area contributed by atoms with Crippen LogP contribution in [-0.2, 0) is 12.8 Å². The molecule has 0 unspecified atom stereocenters. The molecule has 0 bridgehead atoms. The molecule has 0 N–H and O–H groups in total. The van der Waals surface area contributed by atoms with Crippen molar-refractivity contribution >= 4 is 17.4 Å². The first-order chi connectivity index (χ1) is 15.7. The van der Waals surface area contributed by atoms with Crippen LogP contribution >= 0.6 is 11.3 Å². The molecule has 1 fully saturated rings. The van der Waals surface area contributed by atoms with Crippen LogP contribution in [0.3, 0.4) is 0 Å². The lowest BCUT2D eigenvalue weighted by Gasteiger charge is -2.33. The van der Waals surface area contributed by atoms with Crippen LogP contribution in [0.2, 0.25) is 0 Å². The highest BCUT2D eigenvalue weighted by molar-refractivity contribution is 7.09. The fraction of sp³-hybridized carbons (Fsp3) is 0.375. The van der Waals surface area contributed by atoms with E-state index in [1.807, 2.05) is 41.9 Å². The first-order valence-corrected chi connectivity index (χ1v) is 11.8. The molecule has 1 amide bonds. The number of benzene rings is 1. The van der Waals surface area contributed by atoms with Gasteiger partial charge in [0.15, 0.2) is 0 Å². The van der Waals surface area contributed by atoms with Crippen molar-refractivity contribution < 1.29 is 14.3 Å². The van der Waals surface area contributed by atoms with Gasteiger partial charge in [-0.2, -0.15) is 0 Å². The van der Waals surface area contributed by atoms with Crippen LogP contribution < -0.4 is 9.47 Å². The third kappa shape index (κ3) is 6.27. The topological polar surface area (TPSA) is 67.8 Å². The van der Waals surface area contributed by atoms with Crippen molar-refractivity contribution in [2.45, 2.75) is 19.8 Å². The summed E-state index contributed by atoms with van der Waals surface area (Å²) in [7, 11) is 0. The van der Waals surface area contributed by atoms with Crippen molar-refractivity contribution in [3.05, 3.63) is 70.4 Å². The standard InChI is InChI=1S/C24H28N4O3S/c1-19-23(32-18-26-19)8-11-27-12-14-28(15-13-27)24(29)31-21-6-4-20(5-7-21)9-16-30-22-3-2-10-25-17-22/h2-7,10,17-18H,8-9,11-16H2,1H3. The number of hydrogen-bond donors (Lipinski definition) is 0. The van der Waals surface area contributed by atoms with Crippen LogP contribution in [0, 0.1) is 6.92 Å². The van der Waals surface area contributed by atoms with Gasteiger partial charge < -0.3 is 14.4 Å². The van der Waals surface area contributed by atoms with Gasteiger partial charge >= 0.3 is 6.09 Å². The van der Waals surface area contributed by atoms with E-state index in [0.29, 0.717) is 25.4 Å². The molecular weight excluding hydrogens is 424 g/mol. The van der Waals surface area contributed by atoms with Gasteiger partial charge in [-0.1, -0.05) is 12.1 Å². The summed E-state index contributed by atoms with van der Waals surface area (Å²) in [6.07, 6.45) is 4.92. The molecule has 168 valence electrons. The van der Waals surface area contributed by atoms with E-state index < -0.39 is 0 Å². The first kappa shape index (κ1) is 22.2. The zero-order valence-electron chi connectivity index (χ0n) is 18.3. The Labute approximate surface area is 192 Å². The van der Waals surface area contributed by atoms with Crippen molar-refractivity contribution in [1.29, 1.82) is 0 Å². The number of rotatable bonds is 8. The van der Waals surface area contributed by atoms with Gasteiger partial charge in [0.05, 0.1) is 24.0 Å². The van der Waals surface area contributed by atoms with E-state index in [9.17, 15) is 4.79 Å². The maximum atomic E-state index is 12.5. The van der Waals surface area contributed by atoms with Gasteiger partial charge in [0.1, 0.15) is 11.5 Å².